The van der Waals surface area contributed by atoms with Crippen LogP contribution in [0.15, 0.2) is 23.1 Å². The van der Waals surface area contributed by atoms with Gasteiger partial charge in [0.05, 0.1) is 4.90 Å². The number of nitrogens with one attached hydrogen (secondary N) is 1. The maximum absolute atomic E-state index is 12.2. The summed E-state index contributed by atoms with van der Waals surface area (Å²) in [5.74, 6) is 1.14. The number of nitrogens with two attached hydrogens (primary N) is 1. The lowest BCUT2D eigenvalue weighted by Crippen LogP contribution is -2.27. The molecule has 2 rings (SSSR count). The summed E-state index contributed by atoms with van der Waals surface area (Å²) in [6.07, 6.45) is 1.12. The van der Waals surface area contributed by atoms with E-state index >= 15 is 0 Å². The Kier molecular flexibility index (Phi) is 3.75. The Morgan fingerprint density at radius 1 is 1.44 bits per heavy atom. The third kappa shape index (κ3) is 2.74. The molecule has 0 aromatic heterocycles. The molecule has 0 heterocycles. The molecule has 3 N–H and O–H groups in total. The fourth-order valence-corrected chi connectivity index (χ4v) is 3.53. The number of rotatable bonds is 5. The smallest absolute Gasteiger partial charge is 0.240 e. The minimum atomic E-state index is -3.41. The van der Waals surface area contributed by atoms with Crippen LogP contribution in [0.4, 0.5) is 0 Å². The van der Waals surface area contributed by atoms with Gasteiger partial charge >= 0.3 is 0 Å². The number of hydrogen-bond donors (Lipinski definition) is 2. The summed E-state index contributed by atoms with van der Waals surface area (Å²) >= 11 is 0. The van der Waals surface area contributed by atoms with E-state index in [0.717, 1.165) is 17.5 Å². The Bertz CT molecular complexity index is 540. The highest BCUT2D eigenvalue weighted by atomic mass is 32.2. The molecule has 0 spiro atoms. The first-order valence-corrected chi connectivity index (χ1v) is 7.72. The van der Waals surface area contributed by atoms with Crippen LogP contribution in [0.25, 0.3) is 0 Å². The molecule has 1 fully saturated rings. The van der Waals surface area contributed by atoms with Gasteiger partial charge in [-0.2, -0.15) is 0 Å². The van der Waals surface area contributed by atoms with Crippen LogP contribution in [0.1, 0.15) is 24.5 Å². The lowest BCUT2D eigenvalue weighted by atomic mass is 10.1. The van der Waals surface area contributed by atoms with Crippen molar-refractivity contribution < 1.29 is 8.42 Å². The Balaban J connectivity index is 2.18. The molecule has 0 saturated heterocycles. The van der Waals surface area contributed by atoms with Gasteiger partial charge in [0.25, 0.3) is 0 Å². The summed E-state index contributed by atoms with van der Waals surface area (Å²) < 4.78 is 27.1. The quantitative estimate of drug-likeness (QED) is 0.847. The summed E-state index contributed by atoms with van der Waals surface area (Å²) in [4.78, 5) is 0.346. The Morgan fingerprint density at radius 3 is 2.67 bits per heavy atom. The summed E-state index contributed by atoms with van der Waals surface area (Å²) in [7, 11) is -3.41. The normalized spacial score (nSPS) is 23.1. The third-order valence-electron chi connectivity index (χ3n) is 3.72. The lowest BCUT2D eigenvalue weighted by Gasteiger charge is -2.11. The van der Waals surface area contributed by atoms with Gasteiger partial charge < -0.3 is 5.73 Å². The van der Waals surface area contributed by atoms with E-state index in [9.17, 15) is 8.42 Å². The first-order valence-electron chi connectivity index (χ1n) is 6.24. The Morgan fingerprint density at radius 2 is 2.11 bits per heavy atom. The van der Waals surface area contributed by atoms with Crippen molar-refractivity contribution in [2.75, 3.05) is 6.54 Å². The number of hydrogen-bond acceptors (Lipinski definition) is 3. The average molecular weight is 268 g/mol. The molecule has 1 saturated carbocycles. The van der Waals surface area contributed by atoms with E-state index in [1.54, 1.807) is 19.1 Å². The molecule has 18 heavy (non-hydrogen) atoms. The van der Waals surface area contributed by atoms with Crippen LogP contribution in [0.2, 0.25) is 0 Å². The first-order chi connectivity index (χ1) is 8.45. The summed E-state index contributed by atoms with van der Waals surface area (Å²) in [5.41, 5.74) is 7.22. The van der Waals surface area contributed by atoms with E-state index in [0.29, 0.717) is 29.8 Å². The molecule has 2 atom stereocenters. The molecule has 1 aromatic rings. The maximum Gasteiger partial charge on any atom is 0.240 e. The second kappa shape index (κ2) is 4.99. The highest BCUT2D eigenvalue weighted by Gasteiger charge is 2.33. The molecule has 0 amide bonds. The van der Waals surface area contributed by atoms with Gasteiger partial charge in [-0.15, -0.1) is 0 Å². The largest absolute Gasteiger partial charge is 0.326 e. The van der Waals surface area contributed by atoms with Crippen molar-refractivity contribution in [3.63, 3.8) is 0 Å². The van der Waals surface area contributed by atoms with Gasteiger partial charge in [-0.25, -0.2) is 13.1 Å². The van der Waals surface area contributed by atoms with Crippen LogP contribution in [0.5, 0.6) is 0 Å². The SMILES string of the molecule is Cc1c(CN)cccc1S(=O)(=O)NCC1CC1C. The molecular weight excluding hydrogens is 248 g/mol. The zero-order valence-corrected chi connectivity index (χ0v) is 11.6. The van der Waals surface area contributed by atoms with E-state index < -0.39 is 10.0 Å². The van der Waals surface area contributed by atoms with Crippen molar-refractivity contribution in [2.45, 2.75) is 31.7 Å². The lowest BCUT2D eigenvalue weighted by molar-refractivity contribution is 0.574. The molecule has 0 aliphatic heterocycles. The first kappa shape index (κ1) is 13.5. The second-order valence-corrected chi connectivity index (χ2v) is 6.80. The zero-order valence-electron chi connectivity index (χ0n) is 10.8. The van der Waals surface area contributed by atoms with E-state index in [-0.39, 0.29) is 0 Å². The standard InChI is InChI=1S/C13H20N2O2S/c1-9-6-12(9)8-15-18(16,17)13-5-3-4-11(7-14)10(13)2/h3-5,9,12,15H,6-8,14H2,1-2H3. The predicted octanol–water partition coefficient (Wildman–Crippen LogP) is 1.39. The van der Waals surface area contributed by atoms with Crippen molar-refractivity contribution in [3.8, 4) is 0 Å². The van der Waals surface area contributed by atoms with Crippen molar-refractivity contribution in [1.29, 1.82) is 0 Å². The van der Waals surface area contributed by atoms with Crippen LogP contribution in [0.3, 0.4) is 0 Å². The van der Waals surface area contributed by atoms with Crippen LogP contribution in [-0.2, 0) is 16.6 Å². The van der Waals surface area contributed by atoms with Gasteiger partial charge in [0.15, 0.2) is 0 Å². The molecule has 2 unspecified atom stereocenters. The van der Waals surface area contributed by atoms with Gasteiger partial charge in [0.1, 0.15) is 0 Å². The maximum atomic E-state index is 12.2. The van der Waals surface area contributed by atoms with E-state index in [2.05, 4.69) is 11.6 Å². The summed E-state index contributed by atoms with van der Waals surface area (Å²) in [6, 6.07) is 5.23. The summed E-state index contributed by atoms with van der Waals surface area (Å²) in [5, 5.41) is 0. The molecule has 0 bridgehead atoms. The minimum Gasteiger partial charge on any atom is -0.326 e. The van der Waals surface area contributed by atoms with E-state index in [1.165, 1.54) is 0 Å². The Labute approximate surface area is 109 Å². The van der Waals surface area contributed by atoms with E-state index in [1.807, 2.05) is 6.07 Å². The van der Waals surface area contributed by atoms with Gasteiger partial charge in [-0.3, -0.25) is 0 Å². The summed E-state index contributed by atoms with van der Waals surface area (Å²) in [6.45, 7) is 4.83. The van der Waals surface area contributed by atoms with Gasteiger partial charge in [-0.05, 0) is 42.4 Å². The second-order valence-electron chi connectivity index (χ2n) is 5.07. The molecule has 4 nitrogen and oxygen atoms in total. The fourth-order valence-electron chi connectivity index (χ4n) is 2.15. The van der Waals surface area contributed by atoms with Gasteiger partial charge in [0, 0.05) is 13.1 Å². The van der Waals surface area contributed by atoms with Crippen molar-refractivity contribution in [1.82, 2.24) is 4.72 Å². The van der Waals surface area contributed by atoms with Crippen molar-refractivity contribution in [2.24, 2.45) is 17.6 Å². The molecule has 0 radical (unpaired) electrons. The van der Waals surface area contributed by atoms with Crippen LogP contribution in [0, 0.1) is 18.8 Å². The average Bonchev–Trinajstić information content (AvgIpc) is 3.03. The predicted molar refractivity (Wildman–Crippen MR) is 71.5 cm³/mol. The van der Waals surface area contributed by atoms with E-state index in [4.69, 9.17) is 5.73 Å². The number of benzene rings is 1. The van der Waals surface area contributed by atoms with Crippen LogP contribution >= 0.6 is 0 Å². The van der Waals surface area contributed by atoms with Gasteiger partial charge in [-0.1, -0.05) is 19.1 Å². The molecule has 100 valence electrons. The third-order valence-corrected chi connectivity index (χ3v) is 5.29. The number of sulfonamides is 1. The van der Waals surface area contributed by atoms with Crippen molar-refractivity contribution >= 4 is 10.0 Å². The molecule has 1 aromatic carbocycles. The minimum absolute atomic E-state index is 0.346. The fraction of sp³-hybridized carbons (Fsp3) is 0.538. The molecule has 5 heteroatoms. The topological polar surface area (TPSA) is 72.2 Å². The Hall–Kier alpha value is -0.910. The molecule has 1 aliphatic rings. The van der Waals surface area contributed by atoms with Gasteiger partial charge in [0.2, 0.25) is 10.0 Å². The molecule has 1 aliphatic carbocycles. The van der Waals surface area contributed by atoms with Crippen LogP contribution < -0.4 is 10.5 Å². The zero-order chi connectivity index (χ0) is 13.3. The highest BCUT2D eigenvalue weighted by Crippen LogP contribution is 2.37. The monoisotopic (exact) mass is 268 g/mol. The van der Waals surface area contributed by atoms with Crippen molar-refractivity contribution in [3.05, 3.63) is 29.3 Å². The van der Waals surface area contributed by atoms with Crippen LogP contribution in [-0.4, -0.2) is 15.0 Å². The highest BCUT2D eigenvalue weighted by molar-refractivity contribution is 7.89. The molecular formula is C13H20N2O2S.